The number of nitrogens with one attached hydrogen (secondary N) is 1. The maximum atomic E-state index is 6.35. The summed E-state index contributed by atoms with van der Waals surface area (Å²) in [6, 6.07) is 4.12. The topological polar surface area (TPSA) is 39.7 Å². The minimum Gasteiger partial charge on any atom is -0.487 e. The van der Waals surface area contributed by atoms with Crippen molar-refractivity contribution in [3.05, 3.63) is 17.7 Å². The highest BCUT2D eigenvalue weighted by atomic mass is 16.6. The molecule has 3 aliphatic rings. The molecule has 4 rings (SSSR count). The summed E-state index contributed by atoms with van der Waals surface area (Å²) in [5.41, 5.74) is 1.30. The molecular weight excluding hydrogens is 242 g/mol. The molecule has 1 saturated heterocycles. The summed E-state index contributed by atoms with van der Waals surface area (Å²) in [4.78, 5) is 0. The van der Waals surface area contributed by atoms with Crippen molar-refractivity contribution in [2.75, 3.05) is 26.3 Å². The molecule has 0 atom stereocenters. The average Bonchev–Trinajstić information content (AvgIpc) is 2.46. The fourth-order valence-electron chi connectivity index (χ4n) is 3.28. The molecule has 0 radical (unpaired) electrons. The van der Waals surface area contributed by atoms with Gasteiger partial charge in [0.05, 0.1) is 0 Å². The minimum atomic E-state index is 0.0437. The van der Waals surface area contributed by atoms with E-state index in [9.17, 15) is 0 Å². The molecule has 1 spiro atoms. The normalized spacial score (nSPS) is 23.6. The summed E-state index contributed by atoms with van der Waals surface area (Å²) in [7, 11) is 0. The van der Waals surface area contributed by atoms with Gasteiger partial charge in [0, 0.05) is 6.07 Å². The second-order valence-corrected chi connectivity index (χ2v) is 5.64. The van der Waals surface area contributed by atoms with E-state index in [-0.39, 0.29) is 5.60 Å². The number of fused-ring (bicyclic) bond motifs is 2. The summed E-state index contributed by atoms with van der Waals surface area (Å²) in [5, 5.41) is 3.41. The maximum absolute atomic E-state index is 6.35. The lowest BCUT2D eigenvalue weighted by molar-refractivity contribution is 0.0163. The van der Waals surface area contributed by atoms with E-state index < -0.39 is 0 Å². The number of benzene rings is 1. The highest BCUT2D eigenvalue weighted by molar-refractivity contribution is 5.52. The molecule has 1 aromatic carbocycles. The van der Waals surface area contributed by atoms with Gasteiger partial charge in [0.1, 0.15) is 24.6 Å². The highest BCUT2D eigenvalue weighted by Gasteiger charge is 2.38. The maximum Gasteiger partial charge on any atom is 0.165 e. The summed E-state index contributed by atoms with van der Waals surface area (Å²) >= 11 is 0. The summed E-state index contributed by atoms with van der Waals surface area (Å²) in [6.45, 7) is 3.38. The van der Waals surface area contributed by atoms with Gasteiger partial charge in [-0.15, -0.1) is 0 Å². The third kappa shape index (κ3) is 1.94. The quantitative estimate of drug-likeness (QED) is 0.774. The Bertz CT molecular complexity index is 494. The molecule has 102 valence electrons. The van der Waals surface area contributed by atoms with Crippen molar-refractivity contribution in [1.29, 1.82) is 0 Å². The van der Waals surface area contributed by atoms with Crippen molar-refractivity contribution < 1.29 is 14.2 Å². The number of ether oxygens (including phenoxy) is 3. The molecule has 4 nitrogen and oxygen atoms in total. The van der Waals surface area contributed by atoms with Crippen LogP contribution in [0.2, 0.25) is 0 Å². The van der Waals surface area contributed by atoms with E-state index >= 15 is 0 Å². The lowest BCUT2D eigenvalue weighted by Crippen LogP contribution is -2.48. The fourth-order valence-corrected chi connectivity index (χ4v) is 3.28. The van der Waals surface area contributed by atoms with Crippen LogP contribution in [0, 0.1) is 0 Å². The van der Waals surface area contributed by atoms with Gasteiger partial charge in [-0.2, -0.15) is 0 Å². The number of hydrogen-bond acceptors (Lipinski definition) is 4. The Morgan fingerprint density at radius 3 is 2.42 bits per heavy atom. The molecule has 3 aliphatic heterocycles. The van der Waals surface area contributed by atoms with Crippen LogP contribution in [-0.4, -0.2) is 31.9 Å². The second kappa shape index (κ2) is 4.30. The van der Waals surface area contributed by atoms with Crippen LogP contribution in [0.1, 0.15) is 24.8 Å². The molecule has 0 amide bonds. The van der Waals surface area contributed by atoms with E-state index in [1.165, 1.54) is 5.56 Å². The predicted octanol–water partition coefficient (Wildman–Crippen LogP) is 1.91. The number of rotatable bonds is 0. The third-order valence-corrected chi connectivity index (χ3v) is 4.42. The highest BCUT2D eigenvalue weighted by Crippen LogP contribution is 2.44. The third-order valence-electron chi connectivity index (χ3n) is 4.42. The van der Waals surface area contributed by atoms with E-state index in [1.54, 1.807) is 0 Å². The van der Waals surface area contributed by atoms with E-state index in [4.69, 9.17) is 14.2 Å². The predicted molar refractivity (Wildman–Crippen MR) is 71.2 cm³/mol. The van der Waals surface area contributed by atoms with Crippen LogP contribution in [-0.2, 0) is 6.42 Å². The van der Waals surface area contributed by atoms with Gasteiger partial charge >= 0.3 is 0 Å². The van der Waals surface area contributed by atoms with Crippen molar-refractivity contribution in [3.8, 4) is 17.2 Å². The average molecular weight is 261 g/mol. The van der Waals surface area contributed by atoms with Gasteiger partial charge in [-0.05, 0) is 50.4 Å². The van der Waals surface area contributed by atoms with Gasteiger partial charge in [0.25, 0.3) is 0 Å². The molecule has 0 aliphatic carbocycles. The number of hydrogen-bond donors (Lipinski definition) is 1. The van der Waals surface area contributed by atoms with E-state index in [0.29, 0.717) is 13.2 Å². The first-order chi connectivity index (χ1) is 9.35. The van der Waals surface area contributed by atoms with Gasteiger partial charge in [-0.25, -0.2) is 0 Å². The van der Waals surface area contributed by atoms with Crippen molar-refractivity contribution in [2.24, 2.45) is 0 Å². The van der Waals surface area contributed by atoms with Crippen molar-refractivity contribution in [2.45, 2.75) is 31.3 Å². The van der Waals surface area contributed by atoms with Gasteiger partial charge in [-0.3, -0.25) is 0 Å². The standard InChI is InChI=1S/C15H19NO3/c1-2-15(3-5-16-6-4-15)19-12-10-14-13(9-11(1)12)17-7-8-18-14/h9-10,16H,1-8H2. The molecule has 0 saturated carbocycles. The van der Waals surface area contributed by atoms with Gasteiger partial charge in [0.2, 0.25) is 0 Å². The van der Waals surface area contributed by atoms with Crippen LogP contribution in [0.4, 0.5) is 0 Å². The van der Waals surface area contributed by atoms with Crippen LogP contribution in [0.5, 0.6) is 17.2 Å². The largest absolute Gasteiger partial charge is 0.487 e. The first-order valence-electron chi connectivity index (χ1n) is 7.17. The minimum absolute atomic E-state index is 0.0437. The molecule has 0 unspecified atom stereocenters. The Morgan fingerprint density at radius 2 is 1.63 bits per heavy atom. The zero-order chi connectivity index (χ0) is 12.7. The Morgan fingerprint density at radius 1 is 0.895 bits per heavy atom. The Balaban J connectivity index is 1.66. The van der Waals surface area contributed by atoms with Gasteiger partial charge < -0.3 is 19.5 Å². The Hall–Kier alpha value is -1.42. The molecule has 4 heteroatoms. The Labute approximate surface area is 113 Å². The number of piperidine rings is 1. The SMILES string of the molecule is c1c2c(cc3c1OCCO3)OC1(CCNCC1)CC2. The van der Waals surface area contributed by atoms with E-state index in [0.717, 1.165) is 56.0 Å². The smallest absolute Gasteiger partial charge is 0.165 e. The van der Waals surface area contributed by atoms with Gasteiger partial charge in [-0.1, -0.05) is 0 Å². The zero-order valence-electron chi connectivity index (χ0n) is 11.0. The van der Waals surface area contributed by atoms with E-state index in [1.807, 2.05) is 6.07 Å². The summed E-state index contributed by atoms with van der Waals surface area (Å²) < 4.78 is 17.6. The molecule has 0 aromatic heterocycles. The second-order valence-electron chi connectivity index (χ2n) is 5.64. The van der Waals surface area contributed by atoms with Crippen LogP contribution in [0.25, 0.3) is 0 Å². The molecule has 1 aromatic rings. The monoisotopic (exact) mass is 261 g/mol. The van der Waals surface area contributed by atoms with E-state index in [2.05, 4.69) is 11.4 Å². The van der Waals surface area contributed by atoms with Crippen LogP contribution >= 0.6 is 0 Å². The Kier molecular flexibility index (Phi) is 2.58. The van der Waals surface area contributed by atoms with Crippen LogP contribution in [0.3, 0.4) is 0 Å². The lowest BCUT2D eigenvalue weighted by Gasteiger charge is -2.42. The molecular formula is C15H19NO3. The first kappa shape index (κ1) is 11.4. The fraction of sp³-hybridized carbons (Fsp3) is 0.600. The zero-order valence-corrected chi connectivity index (χ0v) is 11.0. The van der Waals surface area contributed by atoms with Crippen LogP contribution < -0.4 is 19.5 Å². The molecule has 1 fully saturated rings. The van der Waals surface area contributed by atoms with Crippen molar-refractivity contribution in [3.63, 3.8) is 0 Å². The summed E-state index contributed by atoms with van der Waals surface area (Å²) in [5.74, 6) is 2.70. The number of aryl methyl sites for hydroxylation is 1. The lowest BCUT2D eigenvalue weighted by atomic mass is 9.83. The van der Waals surface area contributed by atoms with Gasteiger partial charge in [0.15, 0.2) is 11.5 Å². The molecule has 3 heterocycles. The molecule has 1 N–H and O–H groups in total. The van der Waals surface area contributed by atoms with Crippen molar-refractivity contribution >= 4 is 0 Å². The molecule has 0 bridgehead atoms. The summed E-state index contributed by atoms with van der Waals surface area (Å²) in [6.07, 6.45) is 4.38. The van der Waals surface area contributed by atoms with Crippen molar-refractivity contribution in [1.82, 2.24) is 5.32 Å². The first-order valence-corrected chi connectivity index (χ1v) is 7.17. The van der Waals surface area contributed by atoms with Crippen LogP contribution in [0.15, 0.2) is 12.1 Å². The molecule has 19 heavy (non-hydrogen) atoms.